The number of morpholine rings is 4. The summed E-state index contributed by atoms with van der Waals surface area (Å²) in [5, 5.41) is 63.2. The lowest BCUT2D eigenvalue weighted by molar-refractivity contribution is 0.00589. The number of aliphatic hydroxyl groups is 2. The molecule has 14 aromatic rings. The zero-order valence-electron chi connectivity index (χ0n) is 83.8. The Morgan fingerprint density at radius 1 is 0.442 bits per heavy atom. The van der Waals surface area contributed by atoms with Crippen LogP contribution in [-0.4, -0.2) is 301 Å². The summed E-state index contributed by atoms with van der Waals surface area (Å²) in [5.41, 5.74) is 14.5. The van der Waals surface area contributed by atoms with Crippen LogP contribution >= 0.6 is 0 Å². The van der Waals surface area contributed by atoms with Gasteiger partial charge in [-0.25, -0.2) is 52.7 Å². The monoisotopic (exact) mass is 1990 g/mol. The highest BCUT2D eigenvalue weighted by molar-refractivity contribution is 6.10. The summed E-state index contributed by atoms with van der Waals surface area (Å²) in [4.78, 5) is 116. The molecule has 0 spiro atoms. The maximum atomic E-state index is 12.8. The van der Waals surface area contributed by atoms with Crippen molar-refractivity contribution in [3.05, 3.63) is 265 Å². The standard InChI is InChI=1S/C30H34N8O3.C28H29N7O4.C26H31N7O2.C23H30N6O3/c1-21-20-41-19-18-37(21)28-26-4-3-13-38(26)34-27(33-28)22-5-9-24(10-6-22)31-30(40)32-25-11-7-23(8-12-25)29(39)36-16-14-35(2)15-17-36;1-18-17-39-14-13-34(18)26-24-3-2-12-35(24)32-25(31-26)19-4-8-21(9-5-19)29-28(38)30-22-10-6-20(7-11-22)27(37)33-15-23(36)16-33;1-26(2,3)22-11-10-21(31-22)24(33-13-15-35-16-14-33)32-23(27)18-6-8-19(9-7-18)29-25(34)30-20-5-4-12-28-17-20;1-23(2,3)19-9-8-18-21(28-11-14-32-15-12-28)26-20(27-29(18)19)16-4-6-17(7-5-16)25-22(31)24-10-13-30/h3-13,21H,14-20H2,1-2H3,(H2,31,32,40);2-12,18,23,36H,13-17H2,1H3,(H2,29,30,38);4-12,17,27,31H,13-16H2,1-3H3,(H2,29,30,34);4-9,30H,10-15H2,1-3H3,(H2,24,25,31)/t21-;18-;;/m11../s1. The highest BCUT2D eigenvalue weighted by Gasteiger charge is 2.33. The van der Waals surface area contributed by atoms with Crippen LogP contribution in [0.4, 0.5) is 76.4 Å². The van der Waals surface area contributed by atoms with Crippen LogP contribution in [0.2, 0.25) is 0 Å². The maximum Gasteiger partial charge on any atom is 0.323 e. The molecule has 14 heterocycles. The third-order valence-electron chi connectivity index (χ3n) is 25.5. The summed E-state index contributed by atoms with van der Waals surface area (Å²) >= 11 is 0. The van der Waals surface area contributed by atoms with E-state index in [-0.39, 0.29) is 71.8 Å². The van der Waals surface area contributed by atoms with Crippen molar-refractivity contribution >= 4 is 121 Å². The number of hydrogen-bond donors (Lipinski definition) is 12. The Bertz CT molecular complexity index is 6940. The number of hydrogen-bond acceptors (Lipinski definition) is 24. The molecule has 40 nitrogen and oxygen atoms in total. The van der Waals surface area contributed by atoms with Crippen LogP contribution in [0.3, 0.4) is 0 Å². The van der Waals surface area contributed by atoms with E-state index in [1.165, 1.54) is 0 Å². The molecule has 0 radical (unpaired) electrons. The van der Waals surface area contributed by atoms with Crippen LogP contribution in [0.5, 0.6) is 0 Å². The van der Waals surface area contributed by atoms with Gasteiger partial charge in [0.25, 0.3) is 11.8 Å². The molecule has 6 saturated heterocycles. The fourth-order valence-electron chi connectivity index (χ4n) is 17.3. The van der Waals surface area contributed by atoms with E-state index in [1.54, 1.807) is 114 Å². The van der Waals surface area contributed by atoms with Crippen molar-refractivity contribution in [1.82, 2.24) is 78.7 Å². The molecule has 40 heteroatoms. The molecule has 6 aliphatic rings. The van der Waals surface area contributed by atoms with Crippen LogP contribution in [0.1, 0.15) is 98.8 Å². The van der Waals surface area contributed by atoms with Gasteiger partial charge >= 0.3 is 24.1 Å². The second-order valence-corrected chi connectivity index (χ2v) is 38.5. The van der Waals surface area contributed by atoms with Crippen LogP contribution in [0.25, 0.3) is 50.7 Å². The molecule has 0 unspecified atom stereocenters. The average Bonchev–Trinajstić information content (AvgIpc) is 1.57. The summed E-state index contributed by atoms with van der Waals surface area (Å²) in [6, 6.07) is 61.6. The number of anilines is 10. The van der Waals surface area contributed by atoms with Crippen molar-refractivity contribution in [2.24, 2.45) is 4.99 Å². The lowest BCUT2D eigenvalue weighted by Crippen LogP contribution is -2.53. The van der Waals surface area contributed by atoms with Gasteiger partial charge in [0.2, 0.25) is 0 Å². The molecule has 12 N–H and O–H groups in total. The number of rotatable bonds is 19. The van der Waals surface area contributed by atoms with Crippen molar-refractivity contribution in [2.45, 2.75) is 84.4 Å². The van der Waals surface area contributed by atoms with Gasteiger partial charge in [-0.3, -0.25) is 20.0 Å². The summed E-state index contributed by atoms with van der Waals surface area (Å²) in [7, 11) is 2.06. The number of aliphatic imine (C=N–C) groups is 1. The molecule has 20 rings (SSSR count). The molecule has 6 fully saturated rings. The number of aliphatic hydroxyl groups excluding tert-OH is 2. The number of carbonyl (C=O) groups is 6. The van der Waals surface area contributed by atoms with E-state index < -0.39 is 12.1 Å². The zero-order chi connectivity index (χ0) is 103. The number of β-amino-alcohol motifs (C(OH)–C–C–N with tert-alkyl or cyclic N) is 1. The Kier molecular flexibility index (Phi) is 32.5. The van der Waals surface area contributed by atoms with Crippen LogP contribution in [0.15, 0.2) is 236 Å². The van der Waals surface area contributed by atoms with Gasteiger partial charge in [0.15, 0.2) is 46.6 Å². The van der Waals surface area contributed by atoms with Crippen LogP contribution in [0, 0.1) is 5.41 Å². The molecule has 764 valence electrons. The first-order valence-corrected chi connectivity index (χ1v) is 49.2. The van der Waals surface area contributed by atoms with E-state index in [2.05, 4.69) is 163 Å². The number of H-pyrrole nitrogens is 1. The van der Waals surface area contributed by atoms with Gasteiger partial charge in [-0.1, -0.05) is 41.5 Å². The normalized spacial score (nSPS) is 16.3. The molecule has 0 aliphatic carbocycles. The summed E-state index contributed by atoms with van der Waals surface area (Å²) in [6.07, 6.45) is 6.60. The van der Waals surface area contributed by atoms with E-state index in [4.69, 9.17) is 59.6 Å². The smallest absolute Gasteiger partial charge is 0.323 e. The Labute approximate surface area is 850 Å². The number of pyridine rings is 1. The number of piperazine rings is 1. The number of nitrogens with one attached hydrogen (secondary N) is 10. The number of urea groups is 4. The predicted octanol–water partition coefficient (Wildman–Crippen LogP) is 13.8. The molecule has 147 heavy (non-hydrogen) atoms. The van der Waals surface area contributed by atoms with Gasteiger partial charge in [0.1, 0.15) is 16.6 Å². The van der Waals surface area contributed by atoms with E-state index in [1.807, 2.05) is 122 Å². The summed E-state index contributed by atoms with van der Waals surface area (Å²) < 4.78 is 28.0. The number of carbonyl (C=O) groups excluding carboxylic acids is 6. The van der Waals surface area contributed by atoms with E-state index >= 15 is 0 Å². The van der Waals surface area contributed by atoms with Gasteiger partial charge in [-0.2, -0.15) is 0 Å². The maximum absolute atomic E-state index is 12.8. The number of likely N-dealkylation sites (tertiary alicyclic amines) is 1. The van der Waals surface area contributed by atoms with Gasteiger partial charge in [0.05, 0.1) is 95.2 Å². The number of ether oxygens (including phenoxy) is 4. The predicted molar refractivity (Wildman–Crippen MR) is 568 cm³/mol. The molecule has 2 atom stereocenters. The van der Waals surface area contributed by atoms with Crippen molar-refractivity contribution in [2.75, 3.05) is 204 Å². The van der Waals surface area contributed by atoms with Gasteiger partial charge in [-0.15, -0.1) is 15.3 Å². The van der Waals surface area contributed by atoms with E-state index in [9.17, 15) is 33.9 Å². The second kappa shape index (κ2) is 46.7. The first-order chi connectivity index (χ1) is 71.0. The van der Waals surface area contributed by atoms with Gasteiger partial charge in [0, 0.05) is 193 Å². The van der Waals surface area contributed by atoms with Crippen molar-refractivity contribution in [1.29, 1.82) is 5.41 Å². The van der Waals surface area contributed by atoms with E-state index in [0.29, 0.717) is 153 Å². The highest BCUT2D eigenvalue weighted by Crippen LogP contribution is 2.35. The number of amidine groups is 2. The molecule has 0 saturated carbocycles. The minimum Gasteiger partial charge on any atom is -0.395 e. The van der Waals surface area contributed by atoms with Crippen LogP contribution < -0.4 is 57.2 Å². The molecule has 10 amide bonds. The Morgan fingerprint density at radius 2 is 0.878 bits per heavy atom. The van der Waals surface area contributed by atoms with E-state index in [0.717, 1.165) is 126 Å². The molecular formula is C107H124N28O12. The second-order valence-electron chi connectivity index (χ2n) is 38.5. The quantitative estimate of drug-likeness (QED) is 0.0264. The SMILES string of the molecule is CC(C)(C)c1ccc(C(=NC(=N)c2ccc(NC(=O)Nc3cccnc3)cc2)N2CCOCC2)[nH]1.CC(C)(C)c1ccc2c(N3CCOCC3)nc(-c3ccc(NC(=O)NCCO)cc3)nn12.C[C@@H]1COCCN1c1nc(-c2ccc(NC(=O)Nc3ccc(C(=O)N4CC(O)C4)cc3)cc2)nn2cccc12.C[C@@H]1COCCN1c1nc(-c2ccc(NC(=O)Nc3ccc(C(=O)N4CCN(C)CC4)cc3)cc2)nn2cccc12. The first kappa shape index (κ1) is 102. The summed E-state index contributed by atoms with van der Waals surface area (Å²) in [5.74, 6) is 5.22. The van der Waals surface area contributed by atoms with Crippen molar-refractivity contribution in [3.63, 3.8) is 0 Å². The summed E-state index contributed by atoms with van der Waals surface area (Å²) in [6.45, 7) is 31.0. The number of likely N-dealkylation sites (N-methyl/N-ethyl adjacent to an activating group) is 1. The minimum absolute atomic E-state index is 0.0145. The van der Waals surface area contributed by atoms with Crippen molar-refractivity contribution in [3.8, 4) is 34.2 Å². The number of benzene rings is 6. The average molecular weight is 1990 g/mol. The third-order valence-corrected chi connectivity index (χ3v) is 25.5. The largest absolute Gasteiger partial charge is 0.395 e. The molecule has 6 aromatic carbocycles. The lowest BCUT2D eigenvalue weighted by atomic mass is 9.93. The highest BCUT2D eigenvalue weighted by atomic mass is 16.5. The number of fused-ring (bicyclic) bond motifs is 3. The number of amides is 10. The minimum atomic E-state index is -0.445. The van der Waals surface area contributed by atoms with Gasteiger partial charge < -0.3 is 111 Å². The van der Waals surface area contributed by atoms with Gasteiger partial charge in [-0.05, 0) is 227 Å². The number of aromatic amines is 1. The Hall–Kier alpha value is -16.1. The Morgan fingerprint density at radius 3 is 1.32 bits per heavy atom. The number of nitrogens with zero attached hydrogens (tertiary/aromatic N) is 18. The zero-order valence-corrected chi connectivity index (χ0v) is 83.8. The fraction of sp³-hybridized carbons (Fsp3) is 0.336. The van der Waals surface area contributed by atoms with Crippen LogP contribution in [-0.2, 0) is 29.8 Å². The molecular weight excluding hydrogens is 1870 g/mol. The first-order valence-electron chi connectivity index (χ1n) is 49.2. The molecule has 8 aromatic heterocycles. The fourth-order valence-corrected chi connectivity index (χ4v) is 17.3. The van der Waals surface area contributed by atoms with Crippen molar-refractivity contribution < 1.29 is 57.9 Å². The number of aromatic nitrogens is 11. The Balaban J connectivity index is 0.000000134. The molecule has 0 bridgehead atoms. The topological polar surface area (TPSA) is 454 Å². The lowest BCUT2D eigenvalue weighted by Gasteiger charge is -2.35. The molecule has 6 aliphatic heterocycles. The third kappa shape index (κ3) is 26.0.